The van der Waals surface area contributed by atoms with Gasteiger partial charge in [-0.2, -0.15) is 0 Å². The van der Waals surface area contributed by atoms with Gasteiger partial charge in [0.2, 0.25) is 0 Å². The fraction of sp³-hybridized carbons (Fsp3) is 0.200. The molecule has 0 saturated heterocycles. The largest absolute Gasteiger partial charge is 0.384 e. The molecular weight excluding hydrogens is 373 g/mol. The number of benzene rings is 2. The highest BCUT2D eigenvalue weighted by Gasteiger charge is 2.22. The van der Waals surface area contributed by atoms with Gasteiger partial charge in [-0.05, 0) is 53.3 Å². The second-order valence-corrected chi connectivity index (χ2v) is 6.27. The van der Waals surface area contributed by atoms with E-state index < -0.39 is 5.60 Å². The molecule has 4 heteroatoms. The maximum atomic E-state index is 10.5. The number of halogens is 2. The molecule has 0 aliphatic rings. The first-order valence-electron chi connectivity index (χ1n) is 5.96. The Hall–Kier alpha value is -0.780. The zero-order valence-electron chi connectivity index (χ0n) is 10.5. The number of aliphatic hydroxyl groups is 1. The van der Waals surface area contributed by atoms with Crippen LogP contribution < -0.4 is 5.32 Å². The molecule has 1 atom stereocenters. The molecule has 0 heterocycles. The molecule has 0 saturated carbocycles. The van der Waals surface area contributed by atoms with Gasteiger partial charge in [0.25, 0.3) is 0 Å². The molecule has 2 aromatic rings. The third-order valence-corrected chi connectivity index (χ3v) is 3.93. The second-order valence-electron chi connectivity index (χ2n) is 4.62. The molecule has 100 valence electrons. The Labute approximate surface area is 131 Å². The Bertz CT molecular complexity index is 557. The van der Waals surface area contributed by atoms with Crippen molar-refractivity contribution in [3.63, 3.8) is 0 Å². The summed E-state index contributed by atoms with van der Waals surface area (Å²) in [4.78, 5) is 0. The monoisotopic (exact) mass is 387 g/mol. The SMILES string of the molecule is CC(O)(CNc1ccc(I)cc1Cl)c1ccccc1. The van der Waals surface area contributed by atoms with Crippen LogP contribution in [0, 0.1) is 3.57 Å². The van der Waals surface area contributed by atoms with Gasteiger partial charge in [-0.1, -0.05) is 41.9 Å². The normalized spacial score (nSPS) is 13.9. The lowest BCUT2D eigenvalue weighted by atomic mass is 9.96. The minimum atomic E-state index is -0.937. The lowest BCUT2D eigenvalue weighted by molar-refractivity contribution is 0.0715. The molecule has 0 radical (unpaired) electrons. The van der Waals surface area contributed by atoms with Crippen molar-refractivity contribution in [2.45, 2.75) is 12.5 Å². The number of anilines is 1. The van der Waals surface area contributed by atoms with Crippen LogP contribution in [0.4, 0.5) is 5.69 Å². The molecule has 0 aliphatic carbocycles. The molecule has 0 amide bonds. The van der Waals surface area contributed by atoms with Crippen molar-refractivity contribution in [1.29, 1.82) is 0 Å². The number of hydrogen-bond donors (Lipinski definition) is 2. The summed E-state index contributed by atoms with van der Waals surface area (Å²) in [6, 6.07) is 15.4. The molecule has 0 aromatic heterocycles. The molecule has 2 nitrogen and oxygen atoms in total. The number of nitrogens with one attached hydrogen (secondary N) is 1. The Morgan fingerprint density at radius 2 is 1.89 bits per heavy atom. The van der Waals surface area contributed by atoms with Gasteiger partial charge in [-0.15, -0.1) is 0 Å². The lowest BCUT2D eigenvalue weighted by Gasteiger charge is -2.25. The standard InChI is InChI=1S/C15H15ClINO/c1-15(19,11-5-3-2-4-6-11)10-18-14-8-7-12(17)9-13(14)16/h2-9,18-19H,10H2,1H3. The Kier molecular flexibility index (Phi) is 4.71. The van der Waals surface area contributed by atoms with Crippen LogP contribution in [0.1, 0.15) is 12.5 Å². The maximum absolute atomic E-state index is 10.5. The van der Waals surface area contributed by atoms with E-state index >= 15 is 0 Å². The summed E-state index contributed by atoms with van der Waals surface area (Å²) in [5.41, 5.74) is 0.774. The van der Waals surface area contributed by atoms with E-state index in [1.54, 1.807) is 6.92 Å². The molecule has 2 rings (SSSR count). The van der Waals surface area contributed by atoms with Gasteiger partial charge in [0.1, 0.15) is 5.60 Å². The number of rotatable bonds is 4. The van der Waals surface area contributed by atoms with Crippen molar-refractivity contribution in [3.8, 4) is 0 Å². The van der Waals surface area contributed by atoms with Crippen LogP contribution in [-0.4, -0.2) is 11.7 Å². The fourth-order valence-electron chi connectivity index (χ4n) is 1.80. The van der Waals surface area contributed by atoms with Gasteiger partial charge in [0.15, 0.2) is 0 Å². The fourth-order valence-corrected chi connectivity index (χ4v) is 2.72. The van der Waals surface area contributed by atoms with E-state index in [9.17, 15) is 5.11 Å². The summed E-state index contributed by atoms with van der Waals surface area (Å²) >= 11 is 8.37. The smallest absolute Gasteiger partial charge is 0.104 e. The Morgan fingerprint density at radius 3 is 2.53 bits per heavy atom. The predicted octanol–water partition coefficient (Wildman–Crippen LogP) is 4.26. The van der Waals surface area contributed by atoms with Crippen LogP contribution >= 0.6 is 34.2 Å². The first-order chi connectivity index (χ1) is 8.99. The predicted molar refractivity (Wildman–Crippen MR) is 88.7 cm³/mol. The van der Waals surface area contributed by atoms with Crippen molar-refractivity contribution < 1.29 is 5.11 Å². The van der Waals surface area contributed by atoms with Crippen LogP contribution in [0.2, 0.25) is 5.02 Å². The highest BCUT2D eigenvalue weighted by atomic mass is 127. The van der Waals surface area contributed by atoms with Gasteiger partial charge in [-0.25, -0.2) is 0 Å². The minimum absolute atomic E-state index is 0.400. The van der Waals surface area contributed by atoms with E-state index in [0.29, 0.717) is 11.6 Å². The van der Waals surface area contributed by atoms with Crippen LogP contribution in [0.5, 0.6) is 0 Å². The second kappa shape index (κ2) is 6.11. The van der Waals surface area contributed by atoms with Crippen molar-refractivity contribution in [3.05, 3.63) is 62.7 Å². The summed E-state index contributed by atoms with van der Waals surface area (Å²) in [7, 11) is 0. The minimum Gasteiger partial charge on any atom is -0.384 e. The van der Waals surface area contributed by atoms with Crippen molar-refractivity contribution in [1.82, 2.24) is 0 Å². The molecule has 2 aromatic carbocycles. The van der Waals surface area contributed by atoms with Crippen molar-refractivity contribution in [2.24, 2.45) is 0 Å². The third-order valence-electron chi connectivity index (χ3n) is 2.95. The maximum Gasteiger partial charge on any atom is 0.104 e. The zero-order valence-corrected chi connectivity index (χ0v) is 13.4. The highest BCUT2D eigenvalue weighted by molar-refractivity contribution is 14.1. The first kappa shape index (κ1) is 14.6. The van der Waals surface area contributed by atoms with Crippen LogP contribution in [-0.2, 0) is 5.60 Å². The molecule has 2 N–H and O–H groups in total. The topological polar surface area (TPSA) is 32.3 Å². The quantitative estimate of drug-likeness (QED) is 0.768. The summed E-state index contributed by atoms with van der Waals surface area (Å²) in [5.74, 6) is 0. The Morgan fingerprint density at radius 1 is 1.21 bits per heavy atom. The summed E-state index contributed by atoms with van der Waals surface area (Å²) in [5, 5.41) is 14.3. The van der Waals surface area contributed by atoms with E-state index in [1.807, 2.05) is 48.5 Å². The summed E-state index contributed by atoms with van der Waals surface area (Å²) in [6.45, 7) is 2.19. The average molecular weight is 388 g/mol. The molecule has 0 aliphatic heterocycles. The lowest BCUT2D eigenvalue weighted by Crippen LogP contribution is -2.30. The molecule has 19 heavy (non-hydrogen) atoms. The van der Waals surface area contributed by atoms with Gasteiger partial charge in [0, 0.05) is 10.1 Å². The van der Waals surface area contributed by atoms with Gasteiger partial charge in [0.05, 0.1) is 10.7 Å². The first-order valence-corrected chi connectivity index (χ1v) is 7.41. The third kappa shape index (κ3) is 3.84. The highest BCUT2D eigenvalue weighted by Crippen LogP contribution is 2.26. The van der Waals surface area contributed by atoms with Gasteiger partial charge >= 0.3 is 0 Å². The van der Waals surface area contributed by atoms with Crippen molar-refractivity contribution in [2.75, 3.05) is 11.9 Å². The summed E-state index contributed by atoms with van der Waals surface area (Å²) in [6.07, 6.45) is 0. The molecule has 1 unspecified atom stereocenters. The summed E-state index contributed by atoms with van der Waals surface area (Å²) < 4.78 is 1.09. The van der Waals surface area contributed by atoms with Crippen LogP contribution in [0.25, 0.3) is 0 Å². The van der Waals surface area contributed by atoms with E-state index in [1.165, 1.54) is 0 Å². The van der Waals surface area contributed by atoms with E-state index in [2.05, 4.69) is 27.9 Å². The zero-order chi connectivity index (χ0) is 13.9. The van der Waals surface area contributed by atoms with Gasteiger partial charge < -0.3 is 10.4 Å². The molecule has 0 bridgehead atoms. The molecular formula is C15H15ClINO. The molecule has 0 spiro atoms. The number of hydrogen-bond acceptors (Lipinski definition) is 2. The Balaban J connectivity index is 2.09. The van der Waals surface area contributed by atoms with E-state index in [4.69, 9.17) is 11.6 Å². The average Bonchev–Trinajstić information content (AvgIpc) is 2.39. The van der Waals surface area contributed by atoms with Gasteiger partial charge in [-0.3, -0.25) is 0 Å². The van der Waals surface area contributed by atoms with Crippen LogP contribution in [0.3, 0.4) is 0 Å². The van der Waals surface area contributed by atoms with Crippen molar-refractivity contribution >= 4 is 39.9 Å². The van der Waals surface area contributed by atoms with E-state index in [-0.39, 0.29) is 0 Å². The van der Waals surface area contributed by atoms with E-state index in [0.717, 1.165) is 14.8 Å². The molecule has 0 fully saturated rings. The van der Waals surface area contributed by atoms with Crippen LogP contribution in [0.15, 0.2) is 48.5 Å².